The lowest BCUT2D eigenvalue weighted by Crippen LogP contribution is -2.18. The molecule has 2 heterocycles. The summed E-state index contributed by atoms with van der Waals surface area (Å²) in [6.07, 6.45) is 1.06. The summed E-state index contributed by atoms with van der Waals surface area (Å²) in [6, 6.07) is 4.67. The number of ether oxygens (including phenoxy) is 1. The monoisotopic (exact) mass is 292 g/mol. The second-order valence-electron chi connectivity index (χ2n) is 4.21. The lowest BCUT2D eigenvalue weighted by Gasteiger charge is -2.07. The molecule has 0 aliphatic rings. The molecule has 2 aromatic rings. The Hall–Kier alpha value is -1.89. The van der Waals surface area contributed by atoms with Crippen molar-refractivity contribution < 1.29 is 4.74 Å². The molecule has 0 bridgehead atoms. The molecule has 0 N–H and O–H groups in total. The molecule has 0 saturated carbocycles. The Balaban J connectivity index is 2.21. The standard InChI is InChI=1S/C13H16N4O2S/c1-4-7-20-13-14-9(2)8-11(15-13)19-10-5-6-12(18)17(3)16-10/h5-6,8H,4,7H2,1-3H3. The van der Waals surface area contributed by atoms with Crippen LogP contribution in [0.4, 0.5) is 0 Å². The minimum Gasteiger partial charge on any atom is -0.419 e. The average Bonchev–Trinajstić information content (AvgIpc) is 2.40. The topological polar surface area (TPSA) is 69.9 Å². The summed E-state index contributed by atoms with van der Waals surface area (Å²) >= 11 is 1.59. The zero-order valence-corrected chi connectivity index (χ0v) is 12.5. The molecule has 0 aromatic carbocycles. The van der Waals surface area contributed by atoms with Gasteiger partial charge in [0.1, 0.15) is 0 Å². The van der Waals surface area contributed by atoms with Crippen LogP contribution in [0.25, 0.3) is 0 Å². The maximum Gasteiger partial charge on any atom is 0.266 e. The number of rotatable bonds is 5. The third-order valence-corrected chi connectivity index (χ3v) is 3.44. The maximum atomic E-state index is 11.3. The van der Waals surface area contributed by atoms with Crippen LogP contribution in [0.15, 0.2) is 28.2 Å². The van der Waals surface area contributed by atoms with E-state index < -0.39 is 0 Å². The number of hydrogen-bond acceptors (Lipinski definition) is 6. The molecule has 0 saturated heterocycles. The molecule has 106 valence electrons. The fraction of sp³-hybridized carbons (Fsp3) is 0.385. The molecule has 0 atom stereocenters. The van der Waals surface area contributed by atoms with E-state index in [0.717, 1.165) is 17.9 Å². The molecule has 0 amide bonds. The van der Waals surface area contributed by atoms with Gasteiger partial charge in [-0.1, -0.05) is 18.7 Å². The van der Waals surface area contributed by atoms with Crippen LogP contribution in [0.2, 0.25) is 0 Å². The van der Waals surface area contributed by atoms with Gasteiger partial charge < -0.3 is 4.74 Å². The van der Waals surface area contributed by atoms with Crippen molar-refractivity contribution in [2.45, 2.75) is 25.4 Å². The average molecular weight is 292 g/mol. The highest BCUT2D eigenvalue weighted by Crippen LogP contribution is 2.21. The number of hydrogen-bond donors (Lipinski definition) is 0. The van der Waals surface area contributed by atoms with Gasteiger partial charge in [0.15, 0.2) is 5.16 Å². The lowest BCUT2D eigenvalue weighted by molar-refractivity contribution is 0.418. The predicted molar refractivity (Wildman–Crippen MR) is 77.3 cm³/mol. The van der Waals surface area contributed by atoms with Gasteiger partial charge in [-0.25, -0.2) is 9.67 Å². The molecular weight excluding hydrogens is 276 g/mol. The Labute approximate surface area is 121 Å². The minimum absolute atomic E-state index is 0.185. The summed E-state index contributed by atoms with van der Waals surface area (Å²) in [6.45, 7) is 3.99. The summed E-state index contributed by atoms with van der Waals surface area (Å²) in [5, 5.41) is 4.69. The first-order valence-corrected chi connectivity index (χ1v) is 7.27. The number of aromatic nitrogens is 4. The van der Waals surface area contributed by atoms with Crippen molar-refractivity contribution in [3.63, 3.8) is 0 Å². The summed E-state index contributed by atoms with van der Waals surface area (Å²) in [5.74, 6) is 1.72. The van der Waals surface area contributed by atoms with E-state index >= 15 is 0 Å². The molecular formula is C13H16N4O2S. The zero-order chi connectivity index (χ0) is 14.5. The van der Waals surface area contributed by atoms with E-state index in [2.05, 4.69) is 22.0 Å². The number of thioether (sulfide) groups is 1. The molecule has 2 aromatic heterocycles. The van der Waals surface area contributed by atoms with E-state index in [4.69, 9.17) is 4.74 Å². The summed E-state index contributed by atoms with van der Waals surface area (Å²) in [5.41, 5.74) is 0.647. The Morgan fingerprint density at radius 1 is 1.30 bits per heavy atom. The second kappa shape index (κ2) is 6.51. The van der Waals surface area contributed by atoms with Gasteiger partial charge in [-0.05, 0) is 13.3 Å². The number of aryl methyl sites for hydroxylation is 2. The molecule has 6 nitrogen and oxygen atoms in total. The van der Waals surface area contributed by atoms with Crippen LogP contribution in [0.3, 0.4) is 0 Å². The molecule has 7 heteroatoms. The molecule has 20 heavy (non-hydrogen) atoms. The molecule has 2 rings (SSSR count). The van der Waals surface area contributed by atoms with Crippen LogP contribution in [-0.2, 0) is 7.05 Å². The first kappa shape index (κ1) is 14.5. The molecule has 0 radical (unpaired) electrons. The van der Waals surface area contributed by atoms with Crippen molar-refractivity contribution in [2.75, 3.05) is 5.75 Å². The van der Waals surface area contributed by atoms with Crippen molar-refractivity contribution >= 4 is 11.8 Å². The van der Waals surface area contributed by atoms with Crippen LogP contribution < -0.4 is 10.3 Å². The Morgan fingerprint density at radius 2 is 2.10 bits per heavy atom. The van der Waals surface area contributed by atoms with Gasteiger partial charge in [-0.3, -0.25) is 4.79 Å². The Morgan fingerprint density at radius 3 is 2.80 bits per heavy atom. The fourth-order valence-corrected chi connectivity index (χ4v) is 2.22. The quantitative estimate of drug-likeness (QED) is 0.621. The third kappa shape index (κ3) is 3.80. The van der Waals surface area contributed by atoms with Gasteiger partial charge in [-0.2, -0.15) is 4.98 Å². The smallest absolute Gasteiger partial charge is 0.266 e. The summed E-state index contributed by atoms with van der Waals surface area (Å²) < 4.78 is 6.80. The van der Waals surface area contributed by atoms with Crippen LogP contribution in [0.1, 0.15) is 19.0 Å². The SMILES string of the molecule is CCCSc1nc(C)cc(Oc2ccc(=O)n(C)n2)n1. The van der Waals surface area contributed by atoms with Gasteiger partial charge in [-0.15, -0.1) is 5.10 Å². The normalized spacial score (nSPS) is 10.6. The highest BCUT2D eigenvalue weighted by atomic mass is 32.2. The highest BCUT2D eigenvalue weighted by molar-refractivity contribution is 7.99. The molecule has 0 aliphatic heterocycles. The van der Waals surface area contributed by atoms with Crippen molar-refractivity contribution in [3.05, 3.63) is 34.2 Å². The van der Waals surface area contributed by atoms with Gasteiger partial charge >= 0.3 is 0 Å². The number of nitrogens with zero attached hydrogens (tertiary/aromatic N) is 4. The zero-order valence-electron chi connectivity index (χ0n) is 11.7. The van der Waals surface area contributed by atoms with E-state index in [-0.39, 0.29) is 5.56 Å². The van der Waals surface area contributed by atoms with Crippen molar-refractivity contribution in [1.82, 2.24) is 19.7 Å². The minimum atomic E-state index is -0.185. The van der Waals surface area contributed by atoms with Crippen molar-refractivity contribution in [3.8, 4) is 11.8 Å². The first-order valence-electron chi connectivity index (χ1n) is 6.29. The third-order valence-electron chi connectivity index (χ3n) is 2.39. The van der Waals surface area contributed by atoms with Gasteiger partial charge in [0.05, 0.1) is 0 Å². The van der Waals surface area contributed by atoms with Crippen LogP contribution in [0.5, 0.6) is 11.8 Å². The summed E-state index contributed by atoms with van der Waals surface area (Å²) in [4.78, 5) is 19.9. The Kier molecular flexibility index (Phi) is 4.73. The van der Waals surface area contributed by atoms with Gasteiger partial charge in [0.25, 0.3) is 5.56 Å². The maximum absolute atomic E-state index is 11.3. The van der Waals surface area contributed by atoms with Gasteiger partial charge in [0.2, 0.25) is 11.8 Å². The molecule has 0 unspecified atom stereocenters. The van der Waals surface area contributed by atoms with Gasteiger partial charge in [0, 0.05) is 36.7 Å². The molecule has 0 fully saturated rings. The van der Waals surface area contributed by atoms with E-state index in [1.807, 2.05) is 6.92 Å². The van der Waals surface area contributed by atoms with E-state index in [0.29, 0.717) is 16.9 Å². The highest BCUT2D eigenvalue weighted by Gasteiger charge is 2.06. The summed E-state index contributed by atoms with van der Waals surface area (Å²) in [7, 11) is 1.57. The van der Waals surface area contributed by atoms with E-state index in [1.165, 1.54) is 16.8 Å². The van der Waals surface area contributed by atoms with E-state index in [1.54, 1.807) is 24.9 Å². The largest absolute Gasteiger partial charge is 0.419 e. The van der Waals surface area contributed by atoms with Crippen molar-refractivity contribution in [1.29, 1.82) is 0 Å². The second-order valence-corrected chi connectivity index (χ2v) is 5.28. The van der Waals surface area contributed by atoms with E-state index in [9.17, 15) is 4.79 Å². The lowest BCUT2D eigenvalue weighted by atomic mass is 10.4. The van der Waals surface area contributed by atoms with Crippen molar-refractivity contribution in [2.24, 2.45) is 7.05 Å². The fourth-order valence-electron chi connectivity index (χ4n) is 1.47. The van der Waals surface area contributed by atoms with Crippen LogP contribution >= 0.6 is 11.8 Å². The predicted octanol–water partition coefficient (Wildman–Crippen LogP) is 2.17. The Bertz CT molecular complexity index is 657. The molecule has 0 spiro atoms. The van der Waals surface area contributed by atoms with Crippen LogP contribution in [0, 0.1) is 6.92 Å². The molecule has 0 aliphatic carbocycles. The van der Waals surface area contributed by atoms with Crippen LogP contribution in [-0.4, -0.2) is 25.5 Å². The first-order chi connectivity index (χ1) is 9.58.